The fourth-order valence-corrected chi connectivity index (χ4v) is 6.61. The van der Waals surface area contributed by atoms with Crippen LogP contribution in [-0.4, -0.2) is 90.7 Å². The molecule has 1 aliphatic carbocycles. The normalized spacial score (nSPS) is 22.1. The smallest absolute Gasteiger partial charge is 0.250 e. The lowest BCUT2D eigenvalue weighted by Crippen LogP contribution is -2.60. The van der Waals surface area contributed by atoms with Crippen molar-refractivity contribution in [2.45, 2.75) is 64.5 Å². The van der Waals surface area contributed by atoms with Gasteiger partial charge in [0.1, 0.15) is 17.9 Å². The van der Waals surface area contributed by atoms with Crippen LogP contribution in [0.5, 0.6) is 5.75 Å². The molecule has 0 saturated carbocycles. The predicted molar refractivity (Wildman–Crippen MR) is 171 cm³/mol. The summed E-state index contributed by atoms with van der Waals surface area (Å²) in [4.78, 5) is 60.2. The Morgan fingerprint density at radius 3 is 2.53 bits per heavy atom. The third-order valence-corrected chi connectivity index (χ3v) is 9.11. The quantitative estimate of drug-likeness (QED) is 0.534. The fraction of sp³-hybridized carbons (Fsp3) is 0.543. The van der Waals surface area contributed by atoms with Crippen molar-refractivity contribution in [1.29, 1.82) is 0 Å². The molecule has 1 fully saturated rings. The van der Waals surface area contributed by atoms with E-state index in [0.29, 0.717) is 58.1 Å². The highest BCUT2D eigenvalue weighted by Gasteiger charge is 2.45. The minimum atomic E-state index is -1.24. The van der Waals surface area contributed by atoms with Crippen LogP contribution in [0.15, 0.2) is 48.5 Å². The molecule has 1 unspecified atom stereocenters. The van der Waals surface area contributed by atoms with Gasteiger partial charge in [0.25, 0.3) is 5.91 Å². The van der Waals surface area contributed by atoms with Crippen molar-refractivity contribution < 1.29 is 23.9 Å². The molecule has 1 atom stereocenters. The van der Waals surface area contributed by atoms with Crippen molar-refractivity contribution in [2.75, 3.05) is 52.4 Å². The van der Waals surface area contributed by atoms with Gasteiger partial charge in [-0.15, -0.1) is 0 Å². The lowest BCUT2D eigenvalue weighted by molar-refractivity contribution is -0.140. The molecule has 5 rings (SSSR count). The summed E-state index contributed by atoms with van der Waals surface area (Å²) in [5, 5.41) is 6.16. The van der Waals surface area contributed by atoms with E-state index in [4.69, 9.17) is 4.74 Å². The summed E-state index contributed by atoms with van der Waals surface area (Å²) >= 11 is 0. The number of amides is 4. The molecule has 1 spiro atoms. The van der Waals surface area contributed by atoms with Gasteiger partial charge in [0.05, 0.1) is 13.1 Å². The van der Waals surface area contributed by atoms with Crippen LogP contribution >= 0.6 is 0 Å². The van der Waals surface area contributed by atoms with Crippen molar-refractivity contribution in [3.8, 4) is 5.75 Å². The molecule has 2 heterocycles. The van der Waals surface area contributed by atoms with Gasteiger partial charge in [0.15, 0.2) is 0 Å². The Morgan fingerprint density at radius 2 is 1.71 bits per heavy atom. The van der Waals surface area contributed by atoms with Gasteiger partial charge < -0.3 is 25.2 Å². The van der Waals surface area contributed by atoms with E-state index in [1.807, 2.05) is 48.5 Å². The minimum absolute atomic E-state index is 0.0501. The average molecular weight is 618 g/mol. The molecule has 3 aliphatic rings. The van der Waals surface area contributed by atoms with Gasteiger partial charge in [-0.1, -0.05) is 56.3 Å². The van der Waals surface area contributed by atoms with Crippen molar-refractivity contribution in [2.24, 2.45) is 5.92 Å². The maximum Gasteiger partial charge on any atom is 0.250 e. The first-order valence-corrected chi connectivity index (χ1v) is 16.4. The largest absolute Gasteiger partial charge is 0.492 e. The number of nitrogens with one attached hydrogen (secondary N) is 2. The summed E-state index contributed by atoms with van der Waals surface area (Å²) in [7, 11) is 0. The summed E-state index contributed by atoms with van der Waals surface area (Å²) in [5.74, 6) is 0.426. The summed E-state index contributed by atoms with van der Waals surface area (Å²) in [6.45, 7) is 7.41. The molecule has 242 valence electrons. The molecule has 2 aromatic rings. The fourth-order valence-electron chi connectivity index (χ4n) is 6.61. The summed E-state index contributed by atoms with van der Waals surface area (Å²) in [5.41, 5.74) is 1.64. The van der Waals surface area contributed by atoms with E-state index in [9.17, 15) is 19.2 Å². The van der Waals surface area contributed by atoms with Gasteiger partial charge in [-0.05, 0) is 55.2 Å². The maximum atomic E-state index is 14.0. The predicted octanol–water partition coefficient (Wildman–Crippen LogP) is 2.84. The second kappa shape index (κ2) is 14.9. The highest BCUT2D eigenvalue weighted by molar-refractivity contribution is 5.94. The average Bonchev–Trinajstić information content (AvgIpc) is 3.23. The summed E-state index contributed by atoms with van der Waals surface area (Å²) in [6.07, 6.45) is 3.51. The highest BCUT2D eigenvalue weighted by atomic mass is 16.5. The van der Waals surface area contributed by atoms with E-state index < -0.39 is 5.54 Å². The minimum Gasteiger partial charge on any atom is -0.492 e. The zero-order valence-electron chi connectivity index (χ0n) is 26.7. The molecule has 0 radical (unpaired) electrons. The second-order valence-corrected chi connectivity index (χ2v) is 12.9. The van der Waals surface area contributed by atoms with Crippen LogP contribution in [0.3, 0.4) is 0 Å². The summed E-state index contributed by atoms with van der Waals surface area (Å²) < 4.78 is 5.89. The number of carbonyl (C=O) groups excluding carboxylic acids is 4. The lowest BCUT2D eigenvalue weighted by Gasteiger charge is -2.39. The number of rotatable bonds is 5. The first-order valence-electron chi connectivity index (χ1n) is 16.4. The SMILES string of the molecule is CC(C)CCN1CC(=O)NC2(CCCc3ccccc32)C(=O)NCCN(C(=O)CN2CCOc3ccccc3C2)CCCC1=O. The lowest BCUT2D eigenvalue weighted by atomic mass is 9.75. The van der Waals surface area contributed by atoms with Crippen LogP contribution in [0.25, 0.3) is 0 Å². The first-order chi connectivity index (χ1) is 21.7. The zero-order chi connectivity index (χ0) is 31.8. The number of aryl methyl sites for hydroxylation is 1. The van der Waals surface area contributed by atoms with Gasteiger partial charge >= 0.3 is 0 Å². The van der Waals surface area contributed by atoms with Crippen LogP contribution in [-0.2, 0) is 37.7 Å². The molecular formula is C35H47N5O5. The highest BCUT2D eigenvalue weighted by Crippen LogP contribution is 2.36. The van der Waals surface area contributed by atoms with E-state index in [1.54, 1.807) is 9.80 Å². The van der Waals surface area contributed by atoms with Crippen LogP contribution < -0.4 is 15.4 Å². The van der Waals surface area contributed by atoms with Gasteiger partial charge in [-0.2, -0.15) is 0 Å². The molecule has 2 aliphatic heterocycles. The Kier molecular flexibility index (Phi) is 10.8. The molecule has 1 saturated heterocycles. The van der Waals surface area contributed by atoms with Gasteiger partial charge in [0, 0.05) is 51.3 Å². The van der Waals surface area contributed by atoms with Crippen molar-refractivity contribution in [3.63, 3.8) is 0 Å². The Bertz CT molecular complexity index is 1380. The van der Waals surface area contributed by atoms with E-state index in [0.717, 1.165) is 41.7 Å². The number of hydrogen-bond acceptors (Lipinski definition) is 6. The number of nitrogens with zero attached hydrogens (tertiary/aromatic N) is 3. The molecular weight excluding hydrogens is 570 g/mol. The van der Waals surface area contributed by atoms with Crippen LogP contribution in [0, 0.1) is 5.92 Å². The number of fused-ring (bicyclic) bond motifs is 3. The number of para-hydroxylation sites is 1. The van der Waals surface area contributed by atoms with E-state index in [1.165, 1.54) is 0 Å². The van der Waals surface area contributed by atoms with Crippen LogP contribution in [0.2, 0.25) is 0 Å². The zero-order valence-corrected chi connectivity index (χ0v) is 26.7. The second-order valence-electron chi connectivity index (χ2n) is 12.9. The molecule has 0 aromatic heterocycles. The molecule has 10 heteroatoms. The molecule has 2 aromatic carbocycles. The number of ether oxygens (including phenoxy) is 1. The van der Waals surface area contributed by atoms with Crippen molar-refractivity contribution >= 4 is 23.6 Å². The topological polar surface area (TPSA) is 111 Å². The van der Waals surface area contributed by atoms with Crippen LogP contribution in [0.4, 0.5) is 0 Å². The van der Waals surface area contributed by atoms with E-state index >= 15 is 0 Å². The monoisotopic (exact) mass is 617 g/mol. The van der Waals surface area contributed by atoms with E-state index in [2.05, 4.69) is 29.4 Å². The van der Waals surface area contributed by atoms with Gasteiger partial charge in [-0.3, -0.25) is 24.1 Å². The third kappa shape index (κ3) is 8.03. The van der Waals surface area contributed by atoms with E-state index in [-0.39, 0.29) is 49.7 Å². The first kappa shape index (κ1) is 32.5. The Hall–Kier alpha value is -3.92. The molecule has 10 nitrogen and oxygen atoms in total. The number of benzene rings is 2. The molecule has 4 amide bonds. The standard InChI is InChI=1S/C35H47N5O5/c1-26(2)15-19-40-24-31(41)37-35(16-7-11-27-9-3-5-12-29(27)35)34(44)36-17-20-39(18-8-14-32(40)42)33(43)25-38-21-22-45-30-13-6-4-10-28(30)23-38/h3-6,9-10,12-13,26H,7-8,11,14-25H2,1-2H3,(H,36,44)(H,37,41). The summed E-state index contributed by atoms with van der Waals surface area (Å²) in [6, 6.07) is 15.6. The molecule has 0 bridgehead atoms. The van der Waals surface area contributed by atoms with Crippen molar-refractivity contribution in [3.05, 3.63) is 65.2 Å². The number of carbonyl (C=O) groups is 4. The Labute approximate surface area is 266 Å². The third-order valence-electron chi connectivity index (χ3n) is 9.11. The van der Waals surface area contributed by atoms with Crippen molar-refractivity contribution in [1.82, 2.24) is 25.3 Å². The number of hydrogen-bond donors (Lipinski definition) is 2. The molecule has 45 heavy (non-hydrogen) atoms. The van der Waals surface area contributed by atoms with Gasteiger partial charge in [0.2, 0.25) is 17.7 Å². The van der Waals surface area contributed by atoms with Crippen LogP contribution in [0.1, 0.15) is 62.6 Å². The maximum absolute atomic E-state index is 14.0. The Balaban J connectivity index is 1.36. The Morgan fingerprint density at radius 1 is 0.933 bits per heavy atom. The van der Waals surface area contributed by atoms with Gasteiger partial charge in [-0.25, -0.2) is 0 Å². The molecule has 2 N–H and O–H groups in total.